The number of carboxylic acid groups (broad SMARTS) is 1. The van der Waals surface area contributed by atoms with Crippen molar-refractivity contribution in [2.45, 2.75) is 30.9 Å². The standard InChI is InChI=1S/C13H15BrN2O5/c1-15-13(12(17)18)5-4-9(7-13)21-11-6-8(16(19)20)2-3-10(11)14/h2-3,6,9,15H,4-5,7H2,1H3,(H,17,18). The van der Waals surface area contributed by atoms with Crippen molar-refractivity contribution in [2.24, 2.45) is 0 Å². The Labute approximate surface area is 129 Å². The Bertz CT molecular complexity index is 580. The molecule has 2 rings (SSSR count). The van der Waals surface area contributed by atoms with Crippen LogP contribution in [0.1, 0.15) is 19.3 Å². The van der Waals surface area contributed by atoms with Crippen LogP contribution in [0.2, 0.25) is 0 Å². The summed E-state index contributed by atoms with van der Waals surface area (Å²) in [5, 5.41) is 22.9. The van der Waals surface area contributed by atoms with E-state index in [9.17, 15) is 20.0 Å². The lowest BCUT2D eigenvalue weighted by molar-refractivity contribution is -0.385. The van der Waals surface area contributed by atoms with Gasteiger partial charge in [-0.3, -0.25) is 14.9 Å². The predicted octanol–water partition coefficient (Wildman–Crippen LogP) is 2.33. The fraction of sp³-hybridized carbons (Fsp3) is 0.462. The molecule has 1 fully saturated rings. The van der Waals surface area contributed by atoms with Gasteiger partial charge >= 0.3 is 5.97 Å². The Morgan fingerprint density at radius 3 is 2.86 bits per heavy atom. The molecule has 2 atom stereocenters. The minimum atomic E-state index is -0.988. The number of nitrogens with one attached hydrogen (secondary N) is 1. The molecule has 7 nitrogen and oxygen atoms in total. The Morgan fingerprint density at radius 1 is 1.62 bits per heavy atom. The molecule has 1 aromatic carbocycles. The maximum atomic E-state index is 11.3. The van der Waals surface area contributed by atoms with Crippen LogP contribution in [0.4, 0.5) is 5.69 Å². The molecule has 0 aromatic heterocycles. The van der Waals surface area contributed by atoms with Crippen molar-refractivity contribution in [3.05, 3.63) is 32.8 Å². The molecule has 2 unspecified atom stereocenters. The minimum absolute atomic E-state index is 0.0655. The third-order valence-corrected chi connectivity index (χ3v) is 4.43. The molecule has 0 heterocycles. The molecule has 114 valence electrons. The fourth-order valence-electron chi connectivity index (χ4n) is 2.50. The van der Waals surface area contributed by atoms with Gasteiger partial charge in [-0.1, -0.05) is 0 Å². The number of likely N-dealkylation sites (N-methyl/N-ethyl adjacent to an activating group) is 1. The van der Waals surface area contributed by atoms with Gasteiger partial charge in [0, 0.05) is 12.5 Å². The van der Waals surface area contributed by atoms with Gasteiger partial charge in [-0.05, 0) is 41.9 Å². The molecule has 0 bridgehead atoms. The molecule has 1 aliphatic carbocycles. The summed E-state index contributed by atoms with van der Waals surface area (Å²) in [5.41, 5.74) is -1.05. The summed E-state index contributed by atoms with van der Waals surface area (Å²) in [6, 6.07) is 4.26. The van der Waals surface area contributed by atoms with Gasteiger partial charge < -0.3 is 15.2 Å². The molecule has 0 spiro atoms. The van der Waals surface area contributed by atoms with Crippen LogP contribution in [0.3, 0.4) is 0 Å². The lowest BCUT2D eigenvalue weighted by atomic mass is 9.98. The van der Waals surface area contributed by atoms with Gasteiger partial charge in [0.1, 0.15) is 17.4 Å². The van der Waals surface area contributed by atoms with E-state index in [0.717, 1.165) is 0 Å². The number of benzene rings is 1. The SMILES string of the molecule is CNC1(C(=O)O)CCC(Oc2cc([N+](=O)[O-])ccc2Br)C1. The van der Waals surface area contributed by atoms with Crippen LogP contribution >= 0.6 is 15.9 Å². The van der Waals surface area contributed by atoms with Gasteiger partial charge in [0.2, 0.25) is 0 Å². The zero-order chi connectivity index (χ0) is 15.6. The van der Waals surface area contributed by atoms with E-state index >= 15 is 0 Å². The van der Waals surface area contributed by atoms with Crippen molar-refractivity contribution in [3.8, 4) is 5.75 Å². The Hall–Kier alpha value is -1.67. The fourth-order valence-corrected chi connectivity index (χ4v) is 2.84. The number of non-ortho nitro benzene ring substituents is 1. The third-order valence-electron chi connectivity index (χ3n) is 3.78. The number of carbonyl (C=O) groups is 1. The summed E-state index contributed by atoms with van der Waals surface area (Å²) in [6.07, 6.45) is 1.04. The average molecular weight is 359 g/mol. The van der Waals surface area contributed by atoms with Gasteiger partial charge in [0.05, 0.1) is 15.5 Å². The molecular formula is C13H15BrN2O5. The van der Waals surface area contributed by atoms with Gasteiger partial charge in [0.15, 0.2) is 0 Å². The predicted molar refractivity (Wildman–Crippen MR) is 78.5 cm³/mol. The molecule has 1 aliphatic rings. The van der Waals surface area contributed by atoms with Crippen LogP contribution in [-0.4, -0.2) is 34.7 Å². The number of nitrogens with zero attached hydrogens (tertiary/aromatic N) is 1. The Kier molecular flexibility index (Phi) is 4.48. The number of nitro groups is 1. The highest BCUT2D eigenvalue weighted by Crippen LogP contribution is 2.36. The van der Waals surface area contributed by atoms with E-state index in [1.165, 1.54) is 12.1 Å². The zero-order valence-electron chi connectivity index (χ0n) is 11.3. The number of rotatable bonds is 5. The summed E-state index contributed by atoms with van der Waals surface area (Å²) < 4.78 is 6.35. The van der Waals surface area contributed by atoms with E-state index in [1.807, 2.05) is 0 Å². The first-order valence-corrected chi connectivity index (χ1v) is 7.20. The van der Waals surface area contributed by atoms with E-state index in [2.05, 4.69) is 21.2 Å². The van der Waals surface area contributed by atoms with E-state index in [-0.39, 0.29) is 11.8 Å². The average Bonchev–Trinajstić information content (AvgIpc) is 2.85. The highest BCUT2D eigenvalue weighted by Gasteiger charge is 2.45. The van der Waals surface area contributed by atoms with Crippen LogP contribution in [0.5, 0.6) is 5.75 Å². The molecule has 1 saturated carbocycles. The maximum absolute atomic E-state index is 11.3. The van der Waals surface area contributed by atoms with Gasteiger partial charge in [0.25, 0.3) is 5.69 Å². The Morgan fingerprint density at radius 2 is 2.33 bits per heavy atom. The number of aliphatic carboxylic acids is 1. The second-order valence-corrected chi connectivity index (χ2v) is 5.85. The molecular weight excluding hydrogens is 344 g/mol. The first-order valence-electron chi connectivity index (χ1n) is 6.41. The first-order chi connectivity index (χ1) is 9.88. The number of nitro benzene ring substituents is 1. The van der Waals surface area contributed by atoms with Crippen molar-refractivity contribution in [1.29, 1.82) is 0 Å². The molecule has 0 aliphatic heterocycles. The minimum Gasteiger partial charge on any atom is -0.489 e. The van der Waals surface area contributed by atoms with Crippen molar-refractivity contribution >= 4 is 27.6 Å². The summed E-state index contributed by atoms with van der Waals surface area (Å²) >= 11 is 3.28. The van der Waals surface area contributed by atoms with Gasteiger partial charge in [-0.15, -0.1) is 0 Å². The molecule has 0 saturated heterocycles. The molecule has 8 heteroatoms. The maximum Gasteiger partial charge on any atom is 0.324 e. The number of ether oxygens (including phenoxy) is 1. The third kappa shape index (κ3) is 3.16. The number of hydrogen-bond donors (Lipinski definition) is 2. The molecule has 1 aromatic rings. The highest BCUT2D eigenvalue weighted by atomic mass is 79.9. The number of halogens is 1. The lowest BCUT2D eigenvalue weighted by Gasteiger charge is -2.23. The van der Waals surface area contributed by atoms with Crippen molar-refractivity contribution in [2.75, 3.05) is 7.05 Å². The monoisotopic (exact) mass is 358 g/mol. The van der Waals surface area contributed by atoms with Crippen LogP contribution in [0.15, 0.2) is 22.7 Å². The van der Waals surface area contributed by atoms with Crippen molar-refractivity contribution in [3.63, 3.8) is 0 Å². The Balaban J connectivity index is 2.15. The first kappa shape index (κ1) is 15.7. The van der Waals surface area contributed by atoms with Crippen LogP contribution in [0.25, 0.3) is 0 Å². The largest absolute Gasteiger partial charge is 0.489 e. The van der Waals surface area contributed by atoms with E-state index in [1.54, 1.807) is 13.1 Å². The van der Waals surface area contributed by atoms with E-state index < -0.39 is 16.4 Å². The summed E-state index contributed by atoms with van der Waals surface area (Å²) in [7, 11) is 1.61. The molecule has 21 heavy (non-hydrogen) atoms. The second kappa shape index (κ2) is 5.98. The van der Waals surface area contributed by atoms with Crippen LogP contribution < -0.4 is 10.1 Å². The molecule has 0 radical (unpaired) electrons. The zero-order valence-corrected chi connectivity index (χ0v) is 12.9. The molecule has 2 N–H and O–H groups in total. The van der Waals surface area contributed by atoms with Crippen LogP contribution in [0, 0.1) is 10.1 Å². The van der Waals surface area contributed by atoms with Crippen molar-refractivity contribution < 1.29 is 19.6 Å². The van der Waals surface area contributed by atoms with Crippen molar-refractivity contribution in [1.82, 2.24) is 5.32 Å². The highest BCUT2D eigenvalue weighted by molar-refractivity contribution is 9.10. The second-order valence-electron chi connectivity index (χ2n) is 4.99. The summed E-state index contributed by atoms with van der Waals surface area (Å²) in [6.45, 7) is 0. The van der Waals surface area contributed by atoms with Crippen LogP contribution in [-0.2, 0) is 4.79 Å². The smallest absolute Gasteiger partial charge is 0.324 e. The van der Waals surface area contributed by atoms with Gasteiger partial charge in [-0.25, -0.2) is 0 Å². The van der Waals surface area contributed by atoms with E-state index in [0.29, 0.717) is 29.5 Å². The lowest BCUT2D eigenvalue weighted by Crippen LogP contribution is -2.48. The summed E-state index contributed by atoms with van der Waals surface area (Å²) in [5.74, 6) is -0.555. The number of carboxylic acids is 1. The topological polar surface area (TPSA) is 102 Å². The van der Waals surface area contributed by atoms with Gasteiger partial charge in [-0.2, -0.15) is 0 Å². The summed E-state index contributed by atoms with van der Waals surface area (Å²) in [4.78, 5) is 21.6. The number of hydrogen-bond acceptors (Lipinski definition) is 5. The van der Waals surface area contributed by atoms with E-state index in [4.69, 9.17) is 4.74 Å². The molecule has 0 amide bonds. The quantitative estimate of drug-likeness (QED) is 0.618. The normalized spacial score (nSPS) is 24.8.